The fourth-order valence-electron chi connectivity index (χ4n) is 3.90. The monoisotopic (exact) mass is 292 g/mol. The van der Waals surface area contributed by atoms with E-state index in [4.69, 9.17) is 0 Å². The van der Waals surface area contributed by atoms with Crippen molar-refractivity contribution in [1.29, 1.82) is 0 Å². The summed E-state index contributed by atoms with van der Waals surface area (Å²) in [4.78, 5) is 31.3. The molecule has 0 aliphatic heterocycles. The molecular formula is C15H20N2O2S. The van der Waals surface area contributed by atoms with E-state index < -0.39 is 0 Å². The van der Waals surface area contributed by atoms with Gasteiger partial charge < -0.3 is 4.98 Å². The number of aryl methyl sites for hydroxylation is 1. The molecule has 2 aliphatic rings. The molecule has 2 bridgehead atoms. The van der Waals surface area contributed by atoms with Crippen molar-refractivity contribution in [3.63, 3.8) is 0 Å². The van der Waals surface area contributed by atoms with Crippen LogP contribution in [0.1, 0.15) is 39.3 Å². The predicted molar refractivity (Wildman–Crippen MR) is 78.9 cm³/mol. The van der Waals surface area contributed by atoms with Crippen molar-refractivity contribution >= 4 is 17.5 Å². The number of carbonyl (C=O) groups excluding carboxylic acids is 1. The first-order valence-electron chi connectivity index (χ1n) is 7.04. The first kappa shape index (κ1) is 13.9. The van der Waals surface area contributed by atoms with Gasteiger partial charge in [0, 0.05) is 17.7 Å². The minimum atomic E-state index is -0.153. The van der Waals surface area contributed by atoms with Crippen molar-refractivity contribution in [3.8, 4) is 0 Å². The molecule has 108 valence electrons. The van der Waals surface area contributed by atoms with Crippen molar-refractivity contribution in [2.75, 3.05) is 0 Å². The Morgan fingerprint density at radius 3 is 2.60 bits per heavy atom. The number of thioether (sulfide) groups is 1. The van der Waals surface area contributed by atoms with Crippen LogP contribution in [-0.4, -0.2) is 21.0 Å². The minimum Gasteiger partial charge on any atom is -0.301 e. The van der Waals surface area contributed by atoms with Crippen LogP contribution in [0.4, 0.5) is 0 Å². The zero-order valence-corrected chi connectivity index (χ0v) is 13.1. The molecule has 1 aromatic heterocycles. The summed E-state index contributed by atoms with van der Waals surface area (Å²) in [7, 11) is 0. The van der Waals surface area contributed by atoms with Crippen molar-refractivity contribution < 1.29 is 4.79 Å². The number of aromatic amines is 1. The number of aromatic nitrogens is 2. The van der Waals surface area contributed by atoms with E-state index >= 15 is 0 Å². The number of H-pyrrole nitrogens is 1. The average molecular weight is 292 g/mol. The molecule has 2 saturated carbocycles. The SMILES string of the molecule is Cc1cc(=O)[nH]c(SC2C(=O)C3CCC2(C)C3(C)C)n1. The zero-order chi connectivity index (χ0) is 14.7. The maximum Gasteiger partial charge on any atom is 0.251 e. The number of hydrogen-bond acceptors (Lipinski definition) is 4. The Bertz CT molecular complexity index is 637. The van der Waals surface area contributed by atoms with E-state index in [9.17, 15) is 9.59 Å². The zero-order valence-electron chi connectivity index (χ0n) is 12.3. The second-order valence-electron chi connectivity index (χ2n) is 6.82. The number of fused-ring (bicyclic) bond motifs is 2. The summed E-state index contributed by atoms with van der Waals surface area (Å²) < 4.78 is 0. The van der Waals surface area contributed by atoms with E-state index in [-0.39, 0.29) is 27.6 Å². The Morgan fingerprint density at radius 1 is 1.35 bits per heavy atom. The number of Topliss-reactive ketones (excluding diaryl/α,β-unsaturated/α-hetero) is 1. The molecule has 4 nitrogen and oxygen atoms in total. The van der Waals surface area contributed by atoms with Gasteiger partial charge in [-0.3, -0.25) is 9.59 Å². The van der Waals surface area contributed by atoms with E-state index in [1.54, 1.807) is 6.92 Å². The Balaban J connectivity index is 1.96. The van der Waals surface area contributed by atoms with Crippen LogP contribution in [0.3, 0.4) is 0 Å². The van der Waals surface area contributed by atoms with Gasteiger partial charge in [0.25, 0.3) is 5.56 Å². The third-order valence-electron chi connectivity index (χ3n) is 5.55. The van der Waals surface area contributed by atoms with E-state index in [2.05, 4.69) is 30.7 Å². The summed E-state index contributed by atoms with van der Waals surface area (Å²) >= 11 is 1.44. The van der Waals surface area contributed by atoms with Gasteiger partial charge in [0.2, 0.25) is 0 Å². The van der Waals surface area contributed by atoms with Crippen molar-refractivity contribution in [3.05, 3.63) is 22.1 Å². The van der Waals surface area contributed by atoms with Gasteiger partial charge >= 0.3 is 0 Å². The normalized spacial score (nSPS) is 34.7. The highest BCUT2D eigenvalue weighted by molar-refractivity contribution is 8.00. The standard InChI is InChI=1S/C15H20N2O2S/c1-8-7-10(18)17-13(16-8)20-12-11(19)9-5-6-15(12,4)14(9,2)3/h7,9,12H,5-6H2,1-4H3,(H,16,17,18). The van der Waals surface area contributed by atoms with Crippen LogP contribution in [0.2, 0.25) is 0 Å². The van der Waals surface area contributed by atoms with Gasteiger partial charge in [-0.2, -0.15) is 0 Å². The van der Waals surface area contributed by atoms with Crippen molar-refractivity contribution in [2.45, 2.75) is 50.9 Å². The van der Waals surface area contributed by atoms with Gasteiger partial charge in [0.1, 0.15) is 5.78 Å². The number of rotatable bonds is 2. The molecule has 3 atom stereocenters. The quantitative estimate of drug-likeness (QED) is 0.851. The van der Waals surface area contributed by atoms with Crippen LogP contribution in [0.25, 0.3) is 0 Å². The smallest absolute Gasteiger partial charge is 0.251 e. The Morgan fingerprint density at radius 2 is 2.05 bits per heavy atom. The van der Waals surface area contributed by atoms with Crippen LogP contribution in [0, 0.1) is 23.7 Å². The topological polar surface area (TPSA) is 62.8 Å². The third-order valence-corrected chi connectivity index (χ3v) is 6.96. The summed E-state index contributed by atoms with van der Waals surface area (Å²) in [6.07, 6.45) is 2.07. The molecule has 0 amide bonds. The second-order valence-corrected chi connectivity index (χ2v) is 7.92. The van der Waals surface area contributed by atoms with Gasteiger partial charge in [0.05, 0.1) is 5.25 Å². The maximum atomic E-state index is 12.6. The molecule has 3 rings (SSSR count). The fraction of sp³-hybridized carbons (Fsp3) is 0.667. The minimum absolute atomic E-state index is 0.0122. The van der Waals surface area contributed by atoms with Gasteiger partial charge in [0.15, 0.2) is 5.16 Å². The van der Waals surface area contributed by atoms with Crippen LogP contribution in [0.5, 0.6) is 0 Å². The van der Waals surface area contributed by atoms with Crippen molar-refractivity contribution in [1.82, 2.24) is 9.97 Å². The van der Waals surface area contributed by atoms with E-state index in [0.29, 0.717) is 16.6 Å². The van der Waals surface area contributed by atoms with E-state index in [1.165, 1.54) is 17.8 Å². The molecule has 0 aromatic carbocycles. The summed E-state index contributed by atoms with van der Waals surface area (Å²) in [5, 5.41) is 0.471. The van der Waals surface area contributed by atoms with Crippen LogP contribution < -0.4 is 5.56 Å². The summed E-state index contributed by atoms with van der Waals surface area (Å²) in [6, 6.07) is 1.47. The summed E-state index contributed by atoms with van der Waals surface area (Å²) in [5.74, 6) is 0.486. The Hall–Kier alpha value is -1.10. The van der Waals surface area contributed by atoms with Gasteiger partial charge in [-0.15, -0.1) is 0 Å². The molecule has 2 fully saturated rings. The van der Waals surface area contributed by atoms with E-state index in [1.807, 2.05) is 0 Å². The van der Waals surface area contributed by atoms with Gasteiger partial charge in [-0.25, -0.2) is 4.98 Å². The molecular weight excluding hydrogens is 272 g/mol. The van der Waals surface area contributed by atoms with Crippen LogP contribution in [0.15, 0.2) is 16.0 Å². The Labute approximate surface area is 122 Å². The molecule has 5 heteroatoms. The molecule has 3 unspecified atom stereocenters. The van der Waals surface area contributed by atoms with Gasteiger partial charge in [-0.05, 0) is 30.6 Å². The molecule has 0 radical (unpaired) electrons. The number of hydrogen-bond donors (Lipinski definition) is 1. The molecule has 1 heterocycles. The van der Waals surface area contributed by atoms with Crippen molar-refractivity contribution in [2.24, 2.45) is 16.7 Å². The predicted octanol–water partition coefficient (Wildman–Crippen LogP) is 2.56. The first-order valence-corrected chi connectivity index (χ1v) is 7.92. The highest BCUT2D eigenvalue weighted by atomic mass is 32.2. The largest absolute Gasteiger partial charge is 0.301 e. The average Bonchev–Trinajstić information content (AvgIpc) is 2.62. The summed E-state index contributed by atoms with van der Waals surface area (Å²) in [6.45, 7) is 8.42. The fourth-order valence-corrected chi connectivity index (χ4v) is 5.44. The number of carbonyl (C=O) groups is 1. The van der Waals surface area contributed by atoms with E-state index in [0.717, 1.165) is 12.8 Å². The highest BCUT2D eigenvalue weighted by Gasteiger charge is 2.66. The lowest BCUT2D eigenvalue weighted by Gasteiger charge is -2.37. The first-order chi connectivity index (χ1) is 9.25. The lowest BCUT2D eigenvalue weighted by molar-refractivity contribution is -0.122. The van der Waals surface area contributed by atoms with Gasteiger partial charge in [-0.1, -0.05) is 32.5 Å². The molecule has 2 aliphatic carbocycles. The molecule has 1 N–H and O–H groups in total. The lowest BCUT2D eigenvalue weighted by Crippen LogP contribution is -2.36. The maximum absolute atomic E-state index is 12.6. The van der Waals surface area contributed by atoms with Crippen LogP contribution in [-0.2, 0) is 4.79 Å². The molecule has 0 spiro atoms. The number of nitrogens with one attached hydrogen (secondary N) is 1. The molecule has 20 heavy (non-hydrogen) atoms. The number of ketones is 1. The molecule has 0 saturated heterocycles. The number of nitrogens with zero attached hydrogens (tertiary/aromatic N) is 1. The third kappa shape index (κ3) is 1.72. The lowest BCUT2D eigenvalue weighted by atomic mass is 9.71. The Kier molecular flexibility index (Phi) is 2.91. The van der Waals surface area contributed by atoms with Crippen LogP contribution >= 0.6 is 11.8 Å². The highest BCUT2D eigenvalue weighted by Crippen LogP contribution is 2.66. The summed E-state index contributed by atoms with van der Waals surface area (Å²) in [5.41, 5.74) is 0.560. The molecule has 1 aromatic rings. The second kappa shape index (κ2) is 4.20.